The molecule has 1 saturated heterocycles. The van der Waals surface area contributed by atoms with Crippen molar-refractivity contribution in [3.8, 4) is 5.75 Å². The van der Waals surface area contributed by atoms with Gasteiger partial charge in [-0.1, -0.05) is 24.3 Å². The fourth-order valence-corrected chi connectivity index (χ4v) is 3.97. The van der Waals surface area contributed by atoms with E-state index in [4.69, 9.17) is 17.0 Å². The average Bonchev–Trinajstić information content (AvgIpc) is 3.04. The molecule has 0 bridgehead atoms. The summed E-state index contributed by atoms with van der Waals surface area (Å²) in [6.07, 6.45) is 3.38. The number of nitrogens with one attached hydrogen (secondary N) is 1. The van der Waals surface area contributed by atoms with Gasteiger partial charge >= 0.3 is 0 Å². The maximum absolute atomic E-state index is 13.4. The van der Waals surface area contributed by atoms with Crippen LogP contribution in [0.3, 0.4) is 0 Å². The number of carbonyl (C=O) groups excluding carboxylic acids is 2. The Balaban J connectivity index is 1.56. The van der Waals surface area contributed by atoms with Gasteiger partial charge in [-0.05, 0) is 60.2 Å². The Bertz CT molecular complexity index is 1110. The number of hydrogen-bond donors (Lipinski definition) is 1. The first-order chi connectivity index (χ1) is 15.6. The zero-order chi connectivity index (χ0) is 22.5. The van der Waals surface area contributed by atoms with Crippen molar-refractivity contribution < 1.29 is 14.3 Å². The van der Waals surface area contributed by atoms with E-state index in [2.05, 4.69) is 10.3 Å². The van der Waals surface area contributed by atoms with Crippen LogP contribution >= 0.6 is 12.2 Å². The third kappa shape index (κ3) is 4.60. The van der Waals surface area contributed by atoms with Crippen molar-refractivity contribution >= 4 is 40.5 Å². The molecule has 2 heterocycles. The van der Waals surface area contributed by atoms with E-state index >= 15 is 0 Å². The number of thiocarbonyl (C=S) groups is 1. The van der Waals surface area contributed by atoms with Crippen molar-refractivity contribution in [1.29, 1.82) is 0 Å². The Labute approximate surface area is 191 Å². The first-order valence-corrected chi connectivity index (χ1v) is 10.5. The molecule has 2 amide bonds. The van der Waals surface area contributed by atoms with Gasteiger partial charge in [-0.3, -0.25) is 19.5 Å². The van der Waals surface area contributed by atoms with Gasteiger partial charge in [0.1, 0.15) is 11.8 Å². The van der Waals surface area contributed by atoms with Crippen molar-refractivity contribution in [2.75, 3.05) is 17.3 Å². The molecule has 8 heteroatoms. The van der Waals surface area contributed by atoms with Gasteiger partial charge in [0.05, 0.1) is 19.2 Å². The highest BCUT2D eigenvalue weighted by Gasteiger charge is 2.44. The van der Waals surface area contributed by atoms with E-state index in [-0.39, 0.29) is 18.2 Å². The van der Waals surface area contributed by atoms with Crippen LogP contribution in [0.1, 0.15) is 12.0 Å². The summed E-state index contributed by atoms with van der Waals surface area (Å²) >= 11 is 5.67. The van der Waals surface area contributed by atoms with Crippen LogP contribution in [0.2, 0.25) is 0 Å². The van der Waals surface area contributed by atoms with Crippen molar-refractivity contribution in [1.82, 2.24) is 9.88 Å². The van der Waals surface area contributed by atoms with Crippen molar-refractivity contribution in [3.63, 3.8) is 0 Å². The summed E-state index contributed by atoms with van der Waals surface area (Å²) < 4.78 is 5.14. The molecule has 2 aromatic carbocycles. The number of ether oxygens (including phenoxy) is 1. The molecular weight excluding hydrogens is 424 g/mol. The maximum atomic E-state index is 13.4. The number of carbonyl (C=O) groups is 2. The minimum atomic E-state index is -0.721. The summed E-state index contributed by atoms with van der Waals surface area (Å²) in [7, 11) is 1.58. The number of amides is 2. The molecule has 0 aliphatic carbocycles. The van der Waals surface area contributed by atoms with Gasteiger partial charge in [-0.15, -0.1) is 0 Å². The molecule has 0 unspecified atom stereocenters. The lowest BCUT2D eigenvalue weighted by Gasteiger charge is -2.23. The molecule has 0 spiro atoms. The highest BCUT2D eigenvalue weighted by molar-refractivity contribution is 7.80. The van der Waals surface area contributed by atoms with Crippen LogP contribution in [0.25, 0.3) is 0 Å². The molecule has 7 nitrogen and oxygen atoms in total. The normalized spacial score (nSPS) is 15.7. The van der Waals surface area contributed by atoms with Gasteiger partial charge in [0.2, 0.25) is 5.91 Å². The largest absolute Gasteiger partial charge is 0.497 e. The number of anilines is 2. The molecule has 1 atom stereocenters. The second-order valence-corrected chi connectivity index (χ2v) is 7.64. The van der Waals surface area contributed by atoms with E-state index in [1.54, 1.807) is 48.7 Å². The van der Waals surface area contributed by atoms with Crippen LogP contribution in [-0.4, -0.2) is 40.0 Å². The third-order valence-corrected chi connectivity index (χ3v) is 5.58. The van der Waals surface area contributed by atoms with Gasteiger partial charge in [0.25, 0.3) is 5.91 Å². The summed E-state index contributed by atoms with van der Waals surface area (Å²) in [4.78, 5) is 33.6. The molecule has 1 aromatic heterocycles. The molecule has 1 fully saturated rings. The number of rotatable bonds is 7. The highest BCUT2D eigenvalue weighted by atomic mass is 32.1. The Hall–Kier alpha value is -3.78. The summed E-state index contributed by atoms with van der Waals surface area (Å²) in [6, 6.07) is 19.3. The number of pyridine rings is 1. The van der Waals surface area contributed by atoms with Crippen LogP contribution in [-0.2, 0) is 16.1 Å². The zero-order valence-corrected chi connectivity index (χ0v) is 18.3. The summed E-state index contributed by atoms with van der Waals surface area (Å²) in [6.45, 7) is 0.377. The van der Waals surface area contributed by atoms with Gasteiger partial charge in [0, 0.05) is 24.6 Å². The molecule has 1 aliphatic heterocycles. The van der Waals surface area contributed by atoms with Gasteiger partial charge in [-0.25, -0.2) is 0 Å². The smallest absolute Gasteiger partial charge is 0.256 e. The monoisotopic (exact) mass is 446 g/mol. The lowest BCUT2D eigenvalue weighted by atomic mass is 10.1. The maximum Gasteiger partial charge on any atom is 0.256 e. The van der Waals surface area contributed by atoms with Crippen LogP contribution in [0.5, 0.6) is 5.75 Å². The zero-order valence-electron chi connectivity index (χ0n) is 17.5. The molecule has 1 N–H and O–H groups in total. The summed E-state index contributed by atoms with van der Waals surface area (Å²) in [5.74, 6) is 0.192. The molecule has 3 aromatic rings. The minimum Gasteiger partial charge on any atom is -0.497 e. The first kappa shape index (κ1) is 21.5. The quantitative estimate of drug-likeness (QED) is 0.559. The van der Waals surface area contributed by atoms with E-state index in [1.165, 1.54) is 4.90 Å². The van der Waals surface area contributed by atoms with Crippen molar-refractivity contribution in [2.24, 2.45) is 0 Å². The molecule has 32 heavy (non-hydrogen) atoms. The number of para-hydroxylation sites is 1. The van der Waals surface area contributed by atoms with E-state index in [1.807, 2.05) is 42.5 Å². The van der Waals surface area contributed by atoms with E-state index in [0.717, 1.165) is 5.56 Å². The topological polar surface area (TPSA) is 74.8 Å². The Morgan fingerprint density at radius 3 is 2.50 bits per heavy atom. The van der Waals surface area contributed by atoms with E-state index < -0.39 is 6.04 Å². The van der Waals surface area contributed by atoms with Crippen LogP contribution in [0.4, 0.5) is 11.4 Å². The molecule has 0 radical (unpaired) electrons. The standard InChI is InChI=1S/C24H22N4O3S/c1-31-20-11-9-18(10-12-20)26-22(29)14-21-23(30)28(19-7-3-2-4-8-19)24(32)27(21)16-17-6-5-13-25-15-17/h2-13,15,21H,14,16H2,1H3,(H,26,29)/t21-/m1/s1. The second-order valence-electron chi connectivity index (χ2n) is 7.28. The number of benzene rings is 2. The number of nitrogens with zero attached hydrogens (tertiary/aromatic N) is 3. The SMILES string of the molecule is COc1ccc(NC(=O)C[C@@H]2C(=O)N(c3ccccc3)C(=S)N2Cc2cccnc2)cc1. The fourth-order valence-electron chi connectivity index (χ4n) is 3.58. The van der Waals surface area contributed by atoms with Gasteiger partial charge in [0.15, 0.2) is 5.11 Å². The van der Waals surface area contributed by atoms with Gasteiger partial charge in [-0.2, -0.15) is 0 Å². The lowest BCUT2D eigenvalue weighted by Crippen LogP contribution is -2.37. The van der Waals surface area contributed by atoms with E-state index in [0.29, 0.717) is 28.8 Å². The van der Waals surface area contributed by atoms with E-state index in [9.17, 15) is 9.59 Å². The Morgan fingerprint density at radius 1 is 1.09 bits per heavy atom. The van der Waals surface area contributed by atoms with Gasteiger partial charge < -0.3 is 15.0 Å². The summed E-state index contributed by atoms with van der Waals surface area (Å²) in [5.41, 5.74) is 2.21. The molecule has 0 saturated carbocycles. The second kappa shape index (κ2) is 9.57. The predicted molar refractivity (Wildman–Crippen MR) is 126 cm³/mol. The Morgan fingerprint density at radius 2 is 1.84 bits per heavy atom. The molecular formula is C24H22N4O3S. The first-order valence-electron chi connectivity index (χ1n) is 10.1. The van der Waals surface area contributed by atoms with Crippen molar-refractivity contribution in [3.05, 3.63) is 84.7 Å². The average molecular weight is 447 g/mol. The molecule has 1 aliphatic rings. The summed E-state index contributed by atoms with van der Waals surface area (Å²) in [5, 5.41) is 3.21. The predicted octanol–water partition coefficient (Wildman–Crippen LogP) is 3.62. The molecule has 4 rings (SSSR count). The van der Waals surface area contributed by atoms with Crippen molar-refractivity contribution in [2.45, 2.75) is 19.0 Å². The number of hydrogen-bond acceptors (Lipinski definition) is 5. The number of aromatic nitrogens is 1. The Kier molecular flexibility index (Phi) is 6.42. The third-order valence-electron chi connectivity index (χ3n) is 5.16. The number of methoxy groups -OCH3 is 1. The van der Waals surface area contributed by atoms with Crippen LogP contribution < -0.4 is 15.0 Å². The van der Waals surface area contributed by atoms with Crippen LogP contribution in [0.15, 0.2) is 79.1 Å². The minimum absolute atomic E-state index is 0.0331. The fraction of sp³-hybridized carbons (Fsp3) is 0.167. The van der Waals surface area contributed by atoms with Crippen LogP contribution in [0, 0.1) is 0 Å². The highest BCUT2D eigenvalue weighted by Crippen LogP contribution is 2.28. The lowest BCUT2D eigenvalue weighted by molar-refractivity contribution is -0.124. The molecule has 162 valence electrons.